The number of hydrogen-bond donors (Lipinski definition) is 2. The van der Waals surface area contributed by atoms with Gasteiger partial charge in [0.05, 0.1) is 14.2 Å². The molecular formula is C19H29N4O4+. The maximum absolute atomic E-state index is 13.0. The Bertz CT molecular complexity index is 720. The number of fused-ring (bicyclic) bond motifs is 1. The molecule has 8 heteroatoms. The summed E-state index contributed by atoms with van der Waals surface area (Å²) in [5.41, 5.74) is 9.42. The Morgan fingerprint density at radius 3 is 2.19 bits per heavy atom. The number of hydrogen-bond acceptors (Lipinski definition) is 7. The molecular weight excluding hydrogens is 348 g/mol. The Morgan fingerprint density at radius 2 is 1.67 bits per heavy atom. The molecule has 0 saturated heterocycles. The largest absolute Gasteiger partial charge is 0.394 e. The number of quaternary nitrogens is 1. The number of carbonyl (C=O) groups excluding carboxylic acids is 2. The third-order valence-corrected chi connectivity index (χ3v) is 5.09. The number of allylic oxidation sites excluding steroid dienone is 2. The molecule has 27 heavy (non-hydrogen) atoms. The van der Waals surface area contributed by atoms with Crippen molar-refractivity contribution in [1.29, 1.82) is 0 Å². The van der Waals surface area contributed by atoms with Gasteiger partial charge in [0.25, 0.3) is 0 Å². The van der Waals surface area contributed by atoms with E-state index in [0.717, 1.165) is 19.6 Å². The predicted octanol–water partition coefficient (Wildman–Crippen LogP) is 1.41. The second kappa shape index (κ2) is 9.09. The van der Waals surface area contributed by atoms with E-state index >= 15 is 0 Å². The minimum absolute atomic E-state index is 0.0817. The summed E-state index contributed by atoms with van der Waals surface area (Å²) in [7, 11) is 3.14. The molecule has 3 N–H and O–H groups in total. The van der Waals surface area contributed by atoms with Gasteiger partial charge in [0, 0.05) is 24.1 Å². The lowest BCUT2D eigenvalue weighted by Gasteiger charge is -2.34. The first-order chi connectivity index (χ1) is 12.9. The predicted molar refractivity (Wildman–Crippen MR) is 101 cm³/mol. The number of rotatable bonds is 10. The molecule has 1 aliphatic rings. The lowest BCUT2D eigenvalue weighted by Crippen LogP contribution is -2.49. The van der Waals surface area contributed by atoms with Gasteiger partial charge >= 0.3 is 0 Å². The third kappa shape index (κ3) is 4.19. The molecule has 0 bridgehead atoms. The van der Waals surface area contributed by atoms with Crippen LogP contribution in [0.15, 0.2) is 35.7 Å². The first kappa shape index (κ1) is 21.0. The monoisotopic (exact) mass is 377 g/mol. The molecule has 0 heterocycles. The van der Waals surface area contributed by atoms with E-state index < -0.39 is 0 Å². The highest BCUT2D eigenvalue weighted by atomic mass is 16.7. The van der Waals surface area contributed by atoms with Gasteiger partial charge in [0.2, 0.25) is 11.6 Å². The topological polar surface area (TPSA) is 93.9 Å². The molecule has 1 aliphatic carbocycles. The number of benzene rings is 1. The van der Waals surface area contributed by atoms with E-state index in [-0.39, 0.29) is 23.0 Å². The Hall–Kier alpha value is -2.26. The number of nitrogens with zero attached hydrogens (tertiary/aromatic N) is 2. The Balaban J connectivity index is 2.24. The molecule has 2 rings (SSSR count). The SMILES string of the molecule is CC[N+](CC)(CCCN(NOC)C1=C(N)C(=O)c2ccccc2C1=O)OC. The molecule has 0 atom stereocenters. The quantitative estimate of drug-likeness (QED) is 0.470. The van der Waals surface area contributed by atoms with Crippen molar-refractivity contribution in [2.75, 3.05) is 40.4 Å². The highest BCUT2D eigenvalue weighted by Gasteiger charge is 2.34. The van der Waals surface area contributed by atoms with Crippen molar-refractivity contribution in [2.24, 2.45) is 5.73 Å². The van der Waals surface area contributed by atoms with Crippen molar-refractivity contribution in [1.82, 2.24) is 10.6 Å². The summed E-state index contributed by atoms with van der Waals surface area (Å²) in [6.45, 7) is 6.98. The van der Waals surface area contributed by atoms with Gasteiger partial charge in [0.15, 0.2) is 0 Å². The molecule has 0 aliphatic heterocycles. The van der Waals surface area contributed by atoms with Crippen molar-refractivity contribution in [2.45, 2.75) is 20.3 Å². The number of hydrazine groups is 1. The van der Waals surface area contributed by atoms with Gasteiger partial charge in [-0.2, -0.15) is 4.65 Å². The molecule has 1 aromatic carbocycles. The van der Waals surface area contributed by atoms with E-state index in [4.69, 9.17) is 15.4 Å². The number of nitrogens with one attached hydrogen (secondary N) is 1. The normalized spacial score (nSPS) is 14.5. The summed E-state index contributed by atoms with van der Waals surface area (Å²) < 4.78 is 0.505. The molecule has 0 aromatic heterocycles. The number of carbonyl (C=O) groups is 2. The maximum Gasteiger partial charge on any atom is 0.213 e. The lowest BCUT2D eigenvalue weighted by molar-refractivity contribution is -1.10. The van der Waals surface area contributed by atoms with E-state index in [2.05, 4.69) is 19.4 Å². The van der Waals surface area contributed by atoms with Crippen molar-refractivity contribution in [3.63, 3.8) is 0 Å². The lowest BCUT2D eigenvalue weighted by atomic mass is 9.90. The second-order valence-electron chi connectivity index (χ2n) is 6.36. The van der Waals surface area contributed by atoms with Crippen LogP contribution in [-0.2, 0) is 9.68 Å². The van der Waals surface area contributed by atoms with Gasteiger partial charge < -0.3 is 5.73 Å². The molecule has 0 fully saturated rings. The number of Topliss-reactive ketones (excluding diaryl/α,β-unsaturated/α-hetero) is 2. The number of hydroxylamine groups is 3. The van der Waals surface area contributed by atoms with Crippen LogP contribution in [0.25, 0.3) is 0 Å². The molecule has 0 radical (unpaired) electrons. The third-order valence-electron chi connectivity index (χ3n) is 5.09. The van der Waals surface area contributed by atoms with E-state index in [1.165, 1.54) is 12.1 Å². The Labute approximate surface area is 160 Å². The zero-order valence-corrected chi connectivity index (χ0v) is 16.4. The zero-order chi connectivity index (χ0) is 20.0. The molecule has 8 nitrogen and oxygen atoms in total. The molecule has 0 saturated carbocycles. The van der Waals surface area contributed by atoms with Crippen LogP contribution >= 0.6 is 0 Å². The van der Waals surface area contributed by atoms with Gasteiger partial charge in [-0.05, 0) is 13.8 Å². The fourth-order valence-electron chi connectivity index (χ4n) is 3.37. The van der Waals surface area contributed by atoms with E-state index in [1.807, 2.05) is 0 Å². The van der Waals surface area contributed by atoms with Gasteiger partial charge in [-0.25, -0.2) is 4.84 Å². The fourth-order valence-corrected chi connectivity index (χ4v) is 3.37. The van der Waals surface area contributed by atoms with Crippen molar-refractivity contribution < 1.29 is 23.9 Å². The van der Waals surface area contributed by atoms with Crippen LogP contribution < -0.4 is 11.3 Å². The summed E-state index contributed by atoms with van der Waals surface area (Å²) in [4.78, 5) is 36.2. The van der Waals surface area contributed by atoms with Crippen LogP contribution in [0.3, 0.4) is 0 Å². The number of ketones is 2. The van der Waals surface area contributed by atoms with Crippen molar-refractivity contribution >= 4 is 11.6 Å². The van der Waals surface area contributed by atoms with Crippen molar-refractivity contribution in [3.8, 4) is 0 Å². The summed E-state index contributed by atoms with van der Waals surface area (Å²) in [5.74, 6) is -0.655. The van der Waals surface area contributed by atoms with Crippen LogP contribution in [0.5, 0.6) is 0 Å². The highest BCUT2D eigenvalue weighted by Crippen LogP contribution is 2.25. The minimum atomic E-state index is -0.354. The van der Waals surface area contributed by atoms with Gasteiger partial charge in [-0.1, -0.05) is 24.3 Å². The van der Waals surface area contributed by atoms with Crippen LogP contribution in [0.1, 0.15) is 41.0 Å². The summed E-state index contributed by atoms with van der Waals surface area (Å²) in [6.07, 6.45) is 0.700. The van der Waals surface area contributed by atoms with Gasteiger partial charge in [-0.15, -0.1) is 5.59 Å². The van der Waals surface area contributed by atoms with Gasteiger partial charge in [0.1, 0.15) is 31.0 Å². The molecule has 148 valence electrons. The average molecular weight is 377 g/mol. The van der Waals surface area contributed by atoms with Crippen LogP contribution in [0.2, 0.25) is 0 Å². The summed E-state index contributed by atoms with van der Waals surface area (Å²) in [6, 6.07) is 6.68. The molecule has 0 spiro atoms. The molecule has 0 amide bonds. The van der Waals surface area contributed by atoms with Gasteiger partial charge in [-0.3, -0.25) is 19.4 Å². The van der Waals surface area contributed by atoms with E-state index in [1.54, 1.807) is 31.4 Å². The van der Waals surface area contributed by atoms with Crippen LogP contribution in [0.4, 0.5) is 0 Å². The summed E-state index contributed by atoms with van der Waals surface area (Å²) in [5, 5.41) is 1.50. The first-order valence-electron chi connectivity index (χ1n) is 9.10. The van der Waals surface area contributed by atoms with Crippen LogP contribution in [0, 0.1) is 0 Å². The van der Waals surface area contributed by atoms with Crippen molar-refractivity contribution in [3.05, 3.63) is 46.8 Å². The zero-order valence-electron chi connectivity index (χ0n) is 16.4. The average Bonchev–Trinajstić information content (AvgIpc) is 2.70. The Morgan fingerprint density at radius 1 is 1.07 bits per heavy atom. The summed E-state index contributed by atoms with van der Waals surface area (Å²) >= 11 is 0. The Kier molecular flexibility index (Phi) is 7.09. The van der Waals surface area contributed by atoms with E-state index in [0.29, 0.717) is 28.7 Å². The molecule has 0 unspecified atom stereocenters. The van der Waals surface area contributed by atoms with Crippen LogP contribution in [-0.4, -0.2) is 61.6 Å². The second-order valence-corrected chi connectivity index (χ2v) is 6.36. The maximum atomic E-state index is 13.0. The standard InChI is InChI=1S/C19H28N4O4/c1-5-23(6-2,27-4)13-9-12-22(21-26-3)17-16(20)18(24)14-10-7-8-11-15(14)19(17)25/h7-8,10-11,21H,5-6,9,12-13H2,1-4H3,(H-,20,25)/p+1. The highest BCUT2D eigenvalue weighted by molar-refractivity contribution is 6.26. The minimum Gasteiger partial charge on any atom is -0.394 e. The van der Waals surface area contributed by atoms with E-state index in [9.17, 15) is 9.59 Å². The fraction of sp³-hybridized carbons (Fsp3) is 0.474. The molecule has 1 aromatic rings. The number of nitrogens with two attached hydrogens (primary N) is 1. The first-order valence-corrected chi connectivity index (χ1v) is 9.10. The smallest absolute Gasteiger partial charge is 0.213 e.